The fourth-order valence-corrected chi connectivity index (χ4v) is 8.49. The summed E-state index contributed by atoms with van der Waals surface area (Å²) in [5.74, 6) is 0. The van der Waals surface area contributed by atoms with Gasteiger partial charge in [0, 0.05) is 11.1 Å². The van der Waals surface area contributed by atoms with Gasteiger partial charge < -0.3 is 33.8 Å². The molecule has 2 nitrogen and oxygen atoms in total. The van der Waals surface area contributed by atoms with Crippen LogP contribution in [0.15, 0.2) is 60.7 Å². The van der Waals surface area contributed by atoms with E-state index in [1.165, 1.54) is 230 Å². The van der Waals surface area contributed by atoms with Gasteiger partial charge in [0.1, 0.15) is 13.1 Å². The highest BCUT2D eigenvalue weighted by atomic mass is 35.5. The second-order valence-corrected chi connectivity index (χ2v) is 19.2. The molecule has 0 radical (unpaired) electrons. The fraction of sp³-hybridized carbons (Fsp3) is 0.778. The van der Waals surface area contributed by atoms with Crippen molar-refractivity contribution in [2.75, 3.05) is 41.3 Å². The molecule has 0 amide bonds. The second kappa shape index (κ2) is 42.6. The summed E-state index contributed by atoms with van der Waals surface area (Å²) in [5.41, 5.74) is 2.92. The summed E-state index contributed by atoms with van der Waals surface area (Å²) in [4.78, 5) is 0. The van der Waals surface area contributed by atoms with E-state index < -0.39 is 0 Å². The summed E-state index contributed by atoms with van der Waals surface area (Å²) >= 11 is 0. The lowest BCUT2D eigenvalue weighted by Gasteiger charge is -2.30. The number of nitrogens with zero attached hydrogens (tertiary/aromatic N) is 2. The lowest BCUT2D eigenvalue weighted by Crippen LogP contribution is -3.00. The predicted octanol–water partition coefficient (Wildman–Crippen LogP) is 11.1. The number of hydrogen-bond acceptors (Lipinski definition) is 0. The van der Waals surface area contributed by atoms with Crippen molar-refractivity contribution in [3.05, 3.63) is 71.8 Å². The van der Waals surface area contributed by atoms with Crippen molar-refractivity contribution in [1.29, 1.82) is 0 Å². The molecule has 4 heteroatoms. The van der Waals surface area contributed by atoms with E-state index in [-0.39, 0.29) is 24.8 Å². The van der Waals surface area contributed by atoms with E-state index >= 15 is 0 Å². The summed E-state index contributed by atoms with van der Waals surface area (Å²) in [6.45, 7) is 9.50. The summed E-state index contributed by atoms with van der Waals surface area (Å²) in [6, 6.07) is 21.9. The Balaban J connectivity index is 0. The van der Waals surface area contributed by atoms with E-state index in [0.29, 0.717) is 0 Å². The fourth-order valence-electron chi connectivity index (χ4n) is 8.49. The zero-order valence-corrected chi connectivity index (χ0v) is 41.4. The largest absolute Gasteiger partial charge is 1.00 e. The first-order chi connectivity index (χ1) is 27.3. The smallest absolute Gasteiger partial charge is 0.104 e. The molecule has 0 unspecified atom stereocenters. The topological polar surface area (TPSA) is 0 Å². The lowest BCUT2D eigenvalue weighted by atomic mass is 10.0. The third-order valence-corrected chi connectivity index (χ3v) is 12.1. The van der Waals surface area contributed by atoms with E-state index in [2.05, 4.69) is 103 Å². The Morgan fingerprint density at radius 1 is 0.276 bits per heavy atom. The minimum Gasteiger partial charge on any atom is -1.00 e. The Hall–Kier alpha value is -1.06. The highest BCUT2D eigenvalue weighted by molar-refractivity contribution is 5.14. The van der Waals surface area contributed by atoms with Crippen LogP contribution in [0.2, 0.25) is 0 Å². The Bertz CT molecular complexity index is 972. The van der Waals surface area contributed by atoms with Crippen molar-refractivity contribution < 1.29 is 33.8 Å². The van der Waals surface area contributed by atoms with Crippen LogP contribution < -0.4 is 24.8 Å². The molecular formula is C54H100Cl2N2. The van der Waals surface area contributed by atoms with E-state index in [1.54, 1.807) is 0 Å². The standard InChI is InChI=1S/2C27H50N.2ClH/c2*1-4-5-6-7-8-9-10-11-12-13-14-15-16-17-18-22-25-28(2,3)26-27-23-20-19-21-24-27;;/h2*19-21,23-24H,4-18,22,25-26H2,1-3H3;2*1H/q2*+1;;/p-2. The zero-order valence-electron chi connectivity index (χ0n) is 39.9. The van der Waals surface area contributed by atoms with Crippen LogP contribution in [-0.4, -0.2) is 50.2 Å². The minimum atomic E-state index is 0. The molecule has 2 aromatic carbocycles. The predicted molar refractivity (Wildman–Crippen MR) is 253 cm³/mol. The molecule has 2 aromatic rings. The first kappa shape index (κ1) is 59.0. The first-order valence-electron chi connectivity index (χ1n) is 25.0. The average molecular weight is 848 g/mol. The molecule has 0 saturated carbocycles. The highest BCUT2D eigenvalue weighted by Crippen LogP contribution is 2.17. The van der Waals surface area contributed by atoms with Crippen LogP contribution in [0.1, 0.15) is 230 Å². The molecule has 0 aliphatic rings. The van der Waals surface area contributed by atoms with Gasteiger partial charge in [-0.3, -0.25) is 0 Å². The third-order valence-electron chi connectivity index (χ3n) is 12.1. The second-order valence-electron chi connectivity index (χ2n) is 19.2. The normalized spacial score (nSPS) is 11.4. The lowest BCUT2D eigenvalue weighted by molar-refractivity contribution is -0.903. The number of unbranched alkanes of at least 4 members (excludes halogenated alkanes) is 30. The third kappa shape index (κ3) is 40.4. The molecule has 2 rings (SSSR count). The number of halogens is 2. The molecule has 0 aromatic heterocycles. The molecule has 0 fully saturated rings. The quantitative estimate of drug-likeness (QED) is 0.0467. The van der Waals surface area contributed by atoms with Crippen LogP contribution in [0.4, 0.5) is 0 Å². The first-order valence-corrected chi connectivity index (χ1v) is 25.0. The molecular weight excluding hydrogens is 748 g/mol. The minimum absolute atomic E-state index is 0. The van der Waals surface area contributed by atoms with Crippen molar-refractivity contribution in [2.45, 2.75) is 232 Å². The van der Waals surface area contributed by atoms with Gasteiger partial charge in [-0.05, 0) is 25.7 Å². The van der Waals surface area contributed by atoms with Crippen molar-refractivity contribution in [1.82, 2.24) is 0 Å². The average Bonchev–Trinajstić information content (AvgIpc) is 3.18. The Morgan fingerprint density at radius 2 is 0.466 bits per heavy atom. The maximum Gasteiger partial charge on any atom is 0.104 e. The molecule has 0 aliphatic carbocycles. The Labute approximate surface area is 377 Å². The molecule has 58 heavy (non-hydrogen) atoms. The van der Waals surface area contributed by atoms with Gasteiger partial charge in [0.15, 0.2) is 0 Å². The maximum absolute atomic E-state index is 2.37. The van der Waals surface area contributed by atoms with Crippen molar-refractivity contribution in [2.24, 2.45) is 0 Å². The van der Waals surface area contributed by atoms with E-state index in [0.717, 1.165) is 22.1 Å². The van der Waals surface area contributed by atoms with Gasteiger partial charge in [0.25, 0.3) is 0 Å². The Kier molecular flexibility index (Phi) is 43.4. The van der Waals surface area contributed by atoms with E-state index in [4.69, 9.17) is 0 Å². The van der Waals surface area contributed by atoms with Gasteiger partial charge in [-0.1, -0.05) is 254 Å². The molecule has 0 atom stereocenters. The molecule has 340 valence electrons. The van der Waals surface area contributed by atoms with Gasteiger partial charge in [0.2, 0.25) is 0 Å². The molecule has 0 spiro atoms. The van der Waals surface area contributed by atoms with Crippen LogP contribution in [0, 0.1) is 0 Å². The summed E-state index contributed by atoms with van der Waals surface area (Å²) in [6.07, 6.45) is 46.3. The molecule has 0 N–H and O–H groups in total. The monoisotopic (exact) mass is 847 g/mol. The van der Waals surface area contributed by atoms with Gasteiger partial charge in [0.05, 0.1) is 41.3 Å². The van der Waals surface area contributed by atoms with Crippen LogP contribution in [0.25, 0.3) is 0 Å². The van der Waals surface area contributed by atoms with Gasteiger partial charge in [-0.25, -0.2) is 0 Å². The van der Waals surface area contributed by atoms with Crippen molar-refractivity contribution in [3.8, 4) is 0 Å². The molecule has 0 heterocycles. The summed E-state index contributed by atoms with van der Waals surface area (Å²) < 4.78 is 2.23. The van der Waals surface area contributed by atoms with Gasteiger partial charge >= 0.3 is 0 Å². The Morgan fingerprint density at radius 3 is 0.672 bits per heavy atom. The van der Waals surface area contributed by atoms with Crippen molar-refractivity contribution in [3.63, 3.8) is 0 Å². The summed E-state index contributed by atoms with van der Waals surface area (Å²) in [7, 11) is 9.49. The maximum atomic E-state index is 2.37. The van der Waals surface area contributed by atoms with Gasteiger partial charge in [-0.2, -0.15) is 0 Å². The zero-order chi connectivity index (χ0) is 40.7. The van der Waals surface area contributed by atoms with Crippen LogP contribution in [-0.2, 0) is 13.1 Å². The van der Waals surface area contributed by atoms with Crippen LogP contribution in [0.5, 0.6) is 0 Å². The van der Waals surface area contributed by atoms with E-state index in [9.17, 15) is 0 Å². The molecule has 0 aliphatic heterocycles. The molecule has 0 saturated heterocycles. The highest BCUT2D eigenvalue weighted by Gasteiger charge is 2.16. The number of rotatable bonds is 38. The number of quaternary nitrogens is 2. The summed E-state index contributed by atoms with van der Waals surface area (Å²) in [5, 5.41) is 0. The number of hydrogen-bond donors (Lipinski definition) is 0. The SMILES string of the molecule is CCCCCCCCCCCCCCCCCC[N+](C)(C)Cc1ccccc1.CCCCCCCCCCCCCCCCCC[N+](C)(C)Cc1ccccc1.[Cl-].[Cl-]. The van der Waals surface area contributed by atoms with E-state index in [1.807, 2.05) is 0 Å². The van der Waals surface area contributed by atoms with Crippen LogP contribution in [0.3, 0.4) is 0 Å². The van der Waals surface area contributed by atoms with Crippen LogP contribution >= 0.6 is 0 Å². The van der Waals surface area contributed by atoms with Gasteiger partial charge in [-0.15, -0.1) is 0 Å². The molecule has 0 bridgehead atoms. The van der Waals surface area contributed by atoms with Crippen molar-refractivity contribution >= 4 is 0 Å². The number of benzene rings is 2.